The van der Waals surface area contributed by atoms with Crippen LogP contribution in [0.2, 0.25) is 0 Å². The Labute approximate surface area is 181 Å². The summed E-state index contributed by atoms with van der Waals surface area (Å²) in [6.07, 6.45) is 2.61. The van der Waals surface area contributed by atoms with Crippen LogP contribution in [0.3, 0.4) is 0 Å². The van der Waals surface area contributed by atoms with E-state index in [0.717, 1.165) is 28.5 Å². The zero-order valence-electron chi connectivity index (χ0n) is 17.3. The molecule has 1 amide bonds. The number of thioether (sulfide) groups is 1. The molecule has 0 aliphatic carbocycles. The zero-order valence-corrected chi connectivity index (χ0v) is 18.1. The molecule has 4 rings (SSSR count). The maximum Gasteiger partial charge on any atom is 0.252 e. The van der Waals surface area contributed by atoms with Gasteiger partial charge >= 0.3 is 0 Å². The lowest BCUT2D eigenvalue weighted by Crippen LogP contribution is -2.23. The summed E-state index contributed by atoms with van der Waals surface area (Å²) in [7, 11) is 0. The topological polar surface area (TPSA) is 58.4 Å². The van der Waals surface area contributed by atoms with E-state index in [1.54, 1.807) is 11.8 Å². The predicted molar refractivity (Wildman–Crippen MR) is 119 cm³/mol. The maximum atomic E-state index is 12.8. The molecule has 6 heteroatoms. The molecule has 0 radical (unpaired) electrons. The van der Waals surface area contributed by atoms with E-state index in [4.69, 9.17) is 4.52 Å². The third-order valence-corrected chi connectivity index (χ3v) is 6.36. The number of hydrogen-bond donors (Lipinski definition) is 1. The van der Waals surface area contributed by atoms with Crippen molar-refractivity contribution in [1.82, 2.24) is 15.4 Å². The van der Waals surface area contributed by atoms with E-state index >= 15 is 0 Å². The van der Waals surface area contributed by atoms with Gasteiger partial charge in [0.05, 0.1) is 17.0 Å². The molecule has 0 atom stereocenters. The van der Waals surface area contributed by atoms with Crippen molar-refractivity contribution >= 4 is 17.7 Å². The highest BCUT2D eigenvalue weighted by atomic mass is 32.2. The molecule has 1 fully saturated rings. The van der Waals surface area contributed by atoms with Crippen molar-refractivity contribution in [3.8, 4) is 0 Å². The predicted octanol–water partition coefficient (Wildman–Crippen LogP) is 4.80. The molecule has 0 unspecified atom stereocenters. The fraction of sp³-hybridized carbons (Fsp3) is 0.333. The van der Waals surface area contributed by atoms with E-state index in [1.165, 1.54) is 31.5 Å². The van der Waals surface area contributed by atoms with Crippen molar-refractivity contribution in [1.29, 1.82) is 0 Å². The molecule has 2 aromatic carbocycles. The molecule has 3 aromatic rings. The van der Waals surface area contributed by atoms with Crippen LogP contribution in [-0.4, -0.2) is 29.1 Å². The number of benzene rings is 2. The normalized spacial score (nSPS) is 14.2. The SMILES string of the molecule is Cc1cc(CSc2ccccc2C(=O)NCc2ccc(CN3CCCC3)cc2)on1. The van der Waals surface area contributed by atoms with Gasteiger partial charge in [-0.15, -0.1) is 11.8 Å². The quantitative estimate of drug-likeness (QED) is 0.530. The average Bonchev–Trinajstić information content (AvgIpc) is 3.43. The Morgan fingerprint density at radius 1 is 1.10 bits per heavy atom. The van der Waals surface area contributed by atoms with E-state index in [0.29, 0.717) is 17.9 Å². The van der Waals surface area contributed by atoms with Crippen LogP contribution in [-0.2, 0) is 18.8 Å². The third kappa shape index (κ3) is 5.52. The number of carbonyl (C=O) groups is 1. The van der Waals surface area contributed by atoms with E-state index < -0.39 is 0 Å². The smallest absolute Gasteiger partial charge is 0.252 e. The minimum atomic E-state index is -0.0620. The molecule has 0 saturated carbocycles. The zero-order chi connectivity index (χ0) is 20.8. The first-order valence-electron chi connectivity index (χ1n) is 10.4. The minimum Gasteiger partial charge on any atom is -0.360 e. The van der Waals surface area contributed by atoms with Crippen molar-refractivity contribution < 1.29 is 9.32 Å². The number of rotatable bonds is 8. The Morgan fingerprint density at radius 2 is 1.83 bits per heavy atom. The Bertz CT molecular complexity index is 978. The van der Waals surface area contributed by atoms with Crippen LogP contribution in [0.4, 0.5) is 0 Å². The van der Waals surface area contributed by atoms with Gasteiger partial charge in [-0.1, -0.05) is 41.6 Å². The summed E-state index contributed by atoms with van der Waals surface area (Å²) >= 11 is 1.58. The highest BCUT2D eigenvalue weighted by Gasteiger charge is 2.13. The minimum absolute atomic E-state index is 0.0620. The summed E-state index contributed by atoms with van der Waals surface area (Å²) in [6, 6.07) is 18.2. The first-order chi connectivity index (χ1) is 14.7. The van der Waals surface area contributed by atoms with Gasteiger partial charge < -0.3 is 9.84 Å². The Balaban J connectivity index is 1.32. The number of carbonyl (C=O) groups excluding carboxylic acids is 1. The lowest BCUT2D eigenvalue weighted by atomic mass is 10.1. The molecule has 1 saturated heterocycles. The molecule has 1 aliphatic heterocycles. The van der Waals surface area contributed by atoms with Gasteiger partial charge in [-0.2, -0.15) is 0 Å². The van der Waals surface area contributed by atoms with E-state index in [-0.39, 0.29) is 5.91 Å². The summed E-state index contributed by atoms with van der Waals surface area (Å²) in [5.41, 5.74) is 3.99. The summed E-state index contributed by atoms with van der Waals surface area (Å²) in [5, 5.41) is 6.97. The molecule has 0 bridgehead atoms. The van der Waals surface area contributed by atoms with Gasteiger partial charge in [-0.25, -0.2) is 0 Å². The van der Waals surface area contributed by atoms with Gasteiger partial charge in [0.25, 0.3) is 5.91 Å². The van der Waals surface area contributed by atoms with Crippen LogP contribution in [0.25, 0.3) is 0 Å². The molecule has 2 heterocycles. The highest BCUT2D eigenvalue weighted by molar-refractivity contribution is 7.98. The van der Waals surface area contributed by atoms with Crippen LogP contribution in [0.15, 0.2) is 64.0 Å². The first kappa shape index (κ1) is 20.7. The van der Waals surface area contributed by atoms with Crippen LogP contribution < -0.4 is 5.32 Å². The number of nitrogens with one attached hydrogen (secondary N) is 1. The number of aromatic nitrogens is 1. The summed E-state index contributed by atoms with van der Waals surface area (Å²) in [5.74, 6) is 1.39. The van der Waals surface area contributed by atoms with Crippen molar-refractivity contribution in [3.63, 3.8) is 0 Å². The summed E-state index contributed by atoms with van der Waals surface area (Å²) < 4.78 is 5.27. The summed E-state index contributed by atoms with van der Waals surface area (Å²) in [4.78, 5) is 16.2. The number of likely N-dealkylation sites (tertiary alicyclic amines) is 1. The molecular formula is C24H27N3O2S. The van der Waals surface area contributed by atoms with Crippen molar-refractivity contribution in [2.24, 2.45) is 0 Å². The number of hydrogen-bond acceptors (Lipinski definition) is 5. The third-order valence-electron chi connectivity index (χ3n) is 5.26. The second-order valence-corrected chi connectivity index (χ2v) is 8.72. The Hall–Kier alpha value is -2.57. The monoisotopic (exact) mass is 421 g/mol. The molecule has 156 valence electrons. The lowest BCUT2D eigenvalue weighted by molar-refractivity contribution is 0.0948. The second kappa shape index (κ2) is 9.96. The number of nitrogens with zero attached hydrogens (tertiary/aromatic N) is 2. The highest BCUT2D eigenvalue weighted by Crippen LogP contribution is 2.26. The van der Waals surface area contributed by atoms with Crippen LogP contribution in [0.1, 0.15) is 45.8 Å². The van der Waals surface area contributed by atoms with Crippen LogP contribution in [0, 0.1) is 6.92 Å². The summed E-state index contributed by atoms with van der Waals surface area (Å²) in [6.45, 7) is 5.83. The van der Waals surface area contributed by atoms with E-state index in [2.05, 4.69) is 39.6 Å². The van der Waals surface area contributed by atoms with Crippen LogP contribution >= 0.6 is 11.8 Å². The largest absolute Gasteiger partial charge is 0.360 e. The fourth-order valence-electron chi connectivity index (χ4n) is 3.65. The Morgan fingerprint density at radius 3 is 2.57 bits per heavy atom. The Kier molecular flexibility index (Phi) is 6.87. The van der Waals surface area contributed by atoms with Gasteiger partial charge in [0, 0.05) is 24.1 Å². The number of aryl methyl sites for hydroxylation is 1. The first-order valence-corrected chi connectivity index (χ1v) is 11.4. The molecule has 5 nitrogen and oxygen atoms in total. The van der Waals surface area contributed by atoms with Crippen molar-refractivity contribution in [2.45, 2.75) is 43.5 Å². The van der Waals surface area contributed by atoms with Gasteiger partial charge in [-0.05, 0) is 56.1 Å². The van der Waals surface area contributed by atoms with E-state index in [9.17, 15) is 4.79 Å². The van der Waals surface area contributed by atoms with Gasteiger partial charge in [-0.3, -0.25) is 9.69 Å². The van der Waals surface area contributed by atoms with Gasteiger partial charge in [0.15, 0.2) is 0 Å². The van der Waals surface area contributed by atoms with Crippen molar-refractivity contribution in [2.75, 3.05) is 13.1 Å². The lowest BCUT2D eigenvalue weighted by Gasteiger charge is -2.15. The second-order valence-electron chi connectivity index (χ2n) is 7.70. The molecule has 30 heavy (non-hydrogen) atoms. The van der Waals surface area contributed by atoms with Gasteiger partial charge in [0.1, 0.15) is 5.76 Å². The maximum absolute atomic E-state index is 12.8. The standard InChI is InChI=1S/C24H27N3O2S/c1-18-14-21(29-26-18)17-30-23-7-3-2-6-22(23)24(28)25-15-19-8-10-20(11-9-19)16-27-12-4-5-13-27/h2-3,6-11,14H,4-5,12-13,15-17H2,1H3,(H,25,28). The molecular weight excluding hydrogens is 394 g/mol. The molecule has 1 aromatic heterocycles. The average molecular weight is 422 g/mol. The van der Waals surface area contributed by atoms with Crippen LogP contribution in [0.5, 0.6) is 0 Å². The van der Waals surface area contributed by atoms with E-state index in [1.807, 2.05) is 37.3 Å². The molecule has 1 aliphatic rings. The molecule has 0 spiro atoms. The number of amides is 1. The van der Waals surface area contributed by atoms with Gasteiger partial charge in [0.2, 0.25) is 0 Å². The fourth-order valence-corrected chi connectivity index (χ4v) is 4.58. The molecule has 1 N–H and O–H groups in total. The van der Waals surface area contributed by atoms with Crippen molar-refractivity contribution in [3.05, 3.63) is 82.7 Å².